The quantitative estimate of drug-likeness (QED) is 0.916. The number of benzene rings is 1. The van der Waals surface area contributed by atoms with E-state index in [1.165, 1.54) is 0 Å². The molecule has 112 valence electrons. The van der Waals surface area contributed by atoms with Crippen LogP contribution in [0.4, 0.5) is 5.82 Å². The fourth-order valence-electron chi connectivity index (χ4n) is 2.46. The molecule has 1 unspecified atom stereocenters. The van der Waals surface area contributed by atoms with Crippen molar-refractivity contribution in [1.82, 2.24) is 4.98 Å². The highest BCUT2D eigenvalue weighted by atomic mass is 16.6. The van der Waals surface area contributed by atoms with Crippen molar-refractivity contribution >= 4 is 16.6 Å². The molecule has 1 aliphatic heterocycles. The van der Waals surface area contributed by atoms with Gasteiger partial charge in [-0.1, -0.05) is 6.92 Å². The Hall–Kier alpha value is -2.01. The number of anilines is 1. The van der Waals surface area contributed by atoms with E-state index in [1.54, 1.807) is 7.11 Å². The monoisotopic (exact) mass is 288 g/mol. The third kappa shape index (κ3) is 3.03. The van der Waals surface area contributed by atoms with Gasteiger partial charge in [0.05, 0.1) is 6.61 Å². The standard InChI is InChI=1S/C16H20N2O3/c1-11(10-19-2)9-18-16-13-8-15-14(20-5-6-21-15)7-12(13)3-4-17-16/h3-4,7-8,11H,5-6,9-10H2,1-2H3,(H,17,18). The summed E-state index contributed by atoms with van der Waals surface area (Å²) in [5.74, 6) is 2.88. The van der Waals surface area contributed by atoms with Crippen molar-refractivity contribution < 1.29 is 14.2 Å². The van der Waals surface area contributed by atoms with Gasteiger partial charge in [-0.2, -0.15) is 0 Å². The van der Waals surface area contributed by atoms with Crippen LogP contribution in [0.15, 0.2) is 24.4 Å². The molecule has 0 fully saturated rings. The molecular formula is C16H20N2O3. The highest BCUT2D eigenvalue weighted by Gasteiger charge is 2.14. The fraction of sp³-hybridized carbons (Fsp3) is 0.438. The van der Waals surface area contributed by atoms with Crippen LogP contribution in [-0.4, -0.2) is 38.5 Å². The molecule has 2 heterocycles. The van der Waals surface area contributed by atoms with Gasteiger partial charge in [-0.3, -0.25) is 0 Å². The van der Waals surface area contributed by atoms with Crippen molar-refractivity contribution in [2.24, 2.45) is 5.92 Å². The Bertz CT molecular complexity index is 630. The van der Waals surface area contributed by atoms with Gasteiger partial charge in [-0.15, -0.1) is 0 Å². The minimum atomic E-state index is 0.421. The summed E-state index contributed by atoms with van der Waals surface area (Å²) in [6, 6.07) is 5.99. The summed E-state index contributed by atoms with van der Waals surface area (Å²) in [5.41, 5.74) is 0. The molecule has 21 heavy (non-hydrogen) atoms. The summed E-state index contributed by atoms with van der Waals surface area (Å²) in [5, 5.41) is 5.53. The highest BCUT2D eigenvalue weighted by molar-refractivity contribution is 5.94. The van der Waals surface area contributed by atoms with Crippen LogP contribution in [0.1, 0.15) is 6.92 Å². The molecule has 1 aliphatic rings. The van der Waals surface area contributed by atoms with Gasteiger partial charge in [0.2, 0.25) is 0 Å². The van der Waals surface area contributed by atoms with Gasteiger partial charge in [-0.05, 0) is 29.5 Å². The van der Waals surface area contributed by atoms with Gasteiger partial charge in [0.25, 0.3) is 0 Å². The number of ether oxygens (including phenoxy) is 3. The van der Waals surface area contributed by atoms with Crippen LogP contribution < -0.4 is 14.8 Å². The lowest BCUT2D eigenvalue weighted by atomic mass is 10.1. The second-order valence-corrected chi connectivity index (χ2v) is 5.32. The molecule has 1 aromatic carbocycles. The summed E-state index contributed by atoms with van der Waals surface area (Å²) >= 11 is 0. The topological polar surface area (TPSA) is 52.6 Å². The molecule has 0 bridgehead atoms. The summed E-state index contributed by atoms with van der Waals surface area (Å²) in [7, 11) is 1.72. The lowest BCUT2D eigenvalue weighted by Gasteiger charge is -2.20. The second-order valence-electron chi connectivity index (χ2n) is 5.32. The third-order valence-electron chi connectivity index (χ3n) is 3.50. The van der Waals surface area contributed by atoms with Crippen molar-refractivity contribution in [3.63, 3.8) is 0 Å². The summed E-state index contributed by atoms with van der Waals surface area (Å²) in [6.45, 7) is 4.87. The molecule has 0 aliphatic carbocycles. The molecule has 3 rings (SSSR count). The van der Waals surface area contributed by atoms with Gasteiger partial charge in [-0.25, -0.2) is 4.98 Å². The first-order valence-corrected chi connectivity index (χ1v) is 7.19. The molecule has 0 spiro atoms. The minimum absolute atomic E-state index is 0.421. The van der Waals surface area contributed by atoms with Crippen LogP contribution in [0.3, 0.4) is 0 Å². The van der Waals surface area contributed by atoms with Crippen LogP contribution >= 0.6 is 0 Å². The zero-order chi connectivity index (χ0) is 14.7. The van der Waals surface area contributed by atoms with Gasteiger partial charge in [0.15, 0.2) is 11.5 Å². The first kappa shape index (κ1) is 13.9. The van der Waals surface area contributed by atoms with Crippen molar-refractivity contribution in [3.05, 3.63) is 24.4 Å². The molecule has 0 amide bonds. The van der Waals surface area contributed by atoms with Crippen LogP contribution in [-0.2, 0) is 4.74 Å². The molecule has 1 aromatic heterocycles. The fourth-order valence-corrected chi connectivity index (χ4v) is 2.46. The minimum Gasteiger partial charge on any atom is -0.486 e. The molecule has 5 heteroatoms. The molecule has 1 atom stereocenters. The van der Waals surface area contributed by atoms with Crippen molar-refractivity contribution in [2.45, 2.75) is 6.92 Å². The molecule has 0 saturated heterocycles. The van der Waals surface area contributed by atoms with E-state index >= 15 is 0 Å². The van der Waals surface area contributed by atoms with Crippen molar-refractivity contribution in [3.8, 4) is 11.5 Å². The molecular weight excluding hydrogens is 268 g/mol. The van der Waals surface area contributed by atoms with Gasteiger partial charge in [0, 0.05) is 25.2 Å². The van der Waals surface area contributed by atoms with E-state index in [9.17, 15) is 0 Å². The Morgan fingerprint density at radius 2 is 2.05 bits per heavy atom. The first-order chi connectivity index (χ1) is 10.3. The van der Waals surface area contributed by atoms with Crippen LogP contribution in [0.2, 0.25) is 0 Å². The van der Waals surface area contributed by atoms with Gasteiger partial charge in [0.1, 0.15) is 19.0 Å². The van der Waals surface area contributed by atoms with Crippen LogP contribution in [0.5, 0.6) is 11.5 Å². The number of nitrogens with one attached hydrogen (secondary N) is 1. The third-order valence-corrected chi connectivity index (χ3v) is 3.50. The van der Waals surface area contributed by atoms with Crippen molar-refractivity contribution in [1.29, 1.82) is 0 Å². The number of hydrogen-bond acceptors (Lipinski definition) is 5. The average Bonchev–Trinajstić information content (AvgIpc) is 2.51. The number of rotatable bonds is 5. The maximum Gasteiger partial charge on any atom is 0.162 e. The zero-order valence-electron chi connectivity index (χ0n) is 12.4. The highest BCUT2D eigenvalue weighted by Crippen LogP contribution is 2.36. The van der Waals surface area contributed by atoms with E-state index in [-0.39, 0.29) is 0 Å². The Kier molecular flexibility index (Phi) is 4.10. The van der Waals surface area contributed by atoms with E-state index < -0.39 is 0 Å². The summed E-state index contributed by atoms with van der Waals surface area (Å²) in [4.78, 5) is 4.44. The Balaban J connectivity index is 1.88. The largest absolute Gasteiger partial charge is 0.486 e. The van der Waals surface area contributed by atoms with Crippen LogP contribution in [0, 0.1) is 5.92 Å². The Morgan fingerprint density at radius 3 is 2.81 bits per heavy atom. The molecule has 1 N–H and O–H groups in total. The number of methoxy groups -OCH3 is 1. The Labute approximate surface area is 124 Å². The van der Waals surface area contributed by atoms with Crippen LogP contribution in [0.25, 0.3) is 10.8 Å². The molecule has 0 saturated carbocycles. The van der Waals surface area contributed by atoms with E-state index in [1.807, 2.05) is 24.4 Å². The average molecular weight is 288 g/mol. The maximum atomic E-state index is 5.65. The first-order valence-electron chi connectivity index (χ1n) is 7.19. The number of aromatic nitrogens is 1. The van der Waals surface area contributed by atoms with E-state index in [0.717, 1.165) is 41.2 Å². The number of hydrogen-bond donors (Lipinski definition) is 1. The number of fused-ring (bicyclic) bond motifs is 2. The molecule has 5 nitrogen and oxygen atoms in total. The Morgan fingerprint density at radius 1 is 1.29 bits per heavy atom. The van der Waals surface area contributed by atoms with Crippen molar-refractivity contribution in [2.75, 3.05) is 38.8 Å². The summed E-state index contributed by atoms with van der Waals surface area (Å²) < 4.78 is 16.4. The lowest BCUT2D eigenvalue weighted by molar-refractivity contribution is 0.164. The molecule has 2 aromatic rings. The smallest absolute Gasteiger partial charge is 0.162 e. The SMILES string of the molecule is COCC(C)CNc1nccc2cc3c(cc12)OCCO3. The number of nitrogens with zero attached hydrogens (tertiary/aromatic N) is 1. The number of pyridine rings is 1. The zero-order valence-corrected chi connectivity index (χ0v) is 12.4. The molecule has 0 radical (unpaired) electrons. The second kappa shape index (κ2) is 6.18. The summed E-state index contributed by atoms with van der Waals surface area (Å²) in [6.07, 6.45) is 1.81. The normalized spacial score (nSPS) is 15.0. The predicted octanol–water partition coefficient (Wildman–Crippen LogP) is 2.70. The van der Waals surface area contributed by atoms with E-state index in [0.29, 0.717) is 19.1 Å². The van der Waals surface area contributed by atoms with E-state index in [2.05, 4.69) is 17.2 Å². The van der Waals surface area contributed by atoms with Gasteiger partial charge >= 0.3 is 0 Å². The predicted molar refractivity (Wildman–Crippen MR) is 82.3 cm³/mol. The van der Waals surface area contributed by atoms with E-state index in [4.69, 9.17) is 14.2 Å². The lowest BCUT2D eigenvalue weighted by Crippen LogP contribution is -2.17. The van der Waals surface area contributed by atoms with Gasteiger partial charge < -0.3 is 19.5 Å². The maximum absolute atomic E-state index is 5.65.